The van der Waals surface area contributed by atoms with Gasteiger partial charge in [0.15, 0.2) is 0 Å². The van der Waals surface area contributed by atoms with E-state index >= 15 is 0 Å². The molecule has 0 spiro atoms. The summed E-state index contributed by atoms with van der Waals surface area (Å²) < 4.78 is 26.6. The van der Waals surface area contributed by atoms with E-state index in [0.29, 0.717) is 27.9 Å². The van der Waals surface area contributed by atoms with Gasteiger partial charge in [-0.15, -0.1) is 0 Å². The molecule has 0 aromatic heterocycles. The topological polar surface area (TPSA) is 83.6 Å². The summed E-state index contributed by atoms with van der Waals surface area (Å²) in [7, 11) is -4.09. The van der Waals surface area contributed by atoms with Gasteiger partial charge in [-0.3, -0.25) is 9.59 Å². The van der Waals surface area contributed by atoms with Crippen LogP contribution in [0.5, 0.6) is 0 Å². The molecule has 0 fully saturated rings. The maximum absolute atomic E-state index is 13.0. The number of carbonyl (C=O) groups is 2. The zero-order valence-electron chi connectivity index (χ0n) is 16.8. The van der Waals surface area contributed by atoms with Gasteiger partial charge in [0, 0.05) is 17.1 Å². The molecule has 2 aromatic carbocycles. The molecule has 0 bridgehead atoms. The van der Waals surface area contributed by atoms with Crippen LogP contribution >= 0.6 is 11.6 Å². The molecule has 1 N–H and O–H groups in total. The fourth-order valence-corrected chi connectivity index (χ4v) is 5.19. The molecule has 2 amide bonds. The first-order valence-electron chi connectivity index (χ1n) is 9.62. The van der Waals surface area contributed by atoms with Crippen LogP contribution in [-0.2, 0) is 32.5 Å². The number of aryl methyl sites for hydroxylation is 1. The number of rotatable bonds is 7. The average molecular weight is 447 g/mol. The second-order valence-electron chi connectivity index (χ2n) is 7.05. The van der Waals surface area contributed by atoms with Gasteiger partial charge in [0.2, 0.25) is 5.91 Å². The molecule has 1 aliphatic heterocycles. The predicted molar refractivity (Wildman–Crippen MR) is 117 cm³/mol. The maximum Gasteiger partial charge on any atom is 0.268 e. The molecule has 3 rings (SSSR count). The van der Waals surface area contributed by atoms with Crippen molar-refractivity contribution < 1.29 is 18.0 Å². The largest absolute Gasteiger partial charge is 0.354 e. The number of halogens is 1. The van der Waals surface area contributed by atoms with Crippen molar-refractivity contribution in [3.8, 4) is 0 Å². The van der Waals surface area contributed by atoms with Gasteiger partial charge in [-0.05, 0) is 48.6 Å². The highest BCUT2D eigenvalue weighted by Crippen LogP contribution is 2.35. The highest BCUT2D eigenvalue weighted by Gasteiger charge is 2.43. The summed E-state index contributed by atoms with van der Waals surface area (Å²) in [5, 5.41) is 3.29. The molecule has 8 heteroatoms. The lowest BCUT2D eigenvalue weighted by Gasteiger charge is -2.16. The molecule has 0 radical (unpaired) electrons. The van der Waals surface area contributed by atoms with Crippen LogP contribution in [0.3, 0.4) is 0 Å². The number of hydrogen-bond donors (Lipinski definition) is 1. The minimum atomic E-state index is -4.09. The standard InChI is InChI=1S/C22H23ClN2O4S/c1-3-16-4-8-18(9-5-16)21-15(2)22(27)25(30(21,28)29)14-20(26)24-13-12-17-6-10-19(23)11-7-17/h4-11H,3,12-14H2,1-2H3,(H,24,26). The Balaban J connectivity index is 1.67. The molecular weight excluding hydrogens is 424 g/mol. The van der Waals surface area contributed by atoms with Crippen LogP contribution in [-0.4, -0.2) is 37.6 Å². The second-order valence-corrected chi connectivity index (χ2v) is 9.28. The summed E-state index contributed by atoms with van der Waals surface area (Å²) in [6.07, 6.45) is 1.39. The van der Waals surface area contributed by atoms with Gasteiger partial charge < -0.3 is 5.32 Å². The lowest BCUT2D eigenvalue weighted by molar-refractivity contribution is -0.128. The van der Waals surface area contributed by atoms with Gasteiger partial charge >= 0.3 is 0 Å². The minimum absolute atomic E-state index is 0.0379. The van der Waals surface area contributed by atoms with E-state index in [2.05, 4.69) is 5.32 Å². The lowest BCUT2D eigenvalue weighted by Crippen LogP contribution is -2.41. The second kappa shape index (κ2) is 9.02. The fraction of sp³-hybridized carbons (Fsp3) is 0.273. The van der Waals surface area contributed by atoms with E-state index in [0.717, 1.165) is 17.5 Å². The molecule has 158 valence electrons. The van der Waals surface area contributed by atoms with Gasteiger partial charge in [-0.25, -0.2) is 12.7 Å². The first-order valence-corrected chi connectivity index (χ1v) is 11.4. The van der Waals surface area contributed by atoms with Crippen molar-refractivity contribution in [1.82, 2.24) is 9.62 Å². The normalized spacial score (nSPS) is 15.6. The molecule has 6 nitrogen and oxygen atoms in total. The quantitative estimate of drug-likeness (QED) is 0.708. The van der Waals surface area contributed by atoms with Crippen LogP contribution in [0.15, 0.2) is 54.1 Å². The van der Waals surface area contributed by atoms with Gasteiger partial charge in [-0.1, -0.05) is 54.9 Å². The smallest absolute Gasteiger partial charge is 0.268 e. The van der Waals surface area contributed by atoms with Crippen LogP contribution in [0.1, 0.15) is 30.5 Å². The molecule has 0 aliphatic carbocycles. The lowest BCUT2D eigenvalue weighted by atomic mass is 10.1. The maximum atomic E-state index is 13.0. The monoisotopic (exact) mass is 446 g/mol. The van der Waals surface area contributed by atoms with Gasteiger partial charge in [-0.2, -0.15) is 0 Å². The Bertz CT molecular complexity index is 1090. The molecule has 1 aliphatic rings. The third-order valence-electron chi connectivity index (χ3n) is 5.00. The number of benzene rings is 2. The van der Waals surface area contributed by atoms with Crippen molar-refractivity contribution in [2.45, 2.75) is 26.7 Å². The first-order chi connectivity index (χ1) is 14.2. The summed E-state index contributed by atoms with van der Waals surface area (Å²) >= 11 is 5.85. The Kier molecular flexibility index (Phi) is 6.63. The zero-order valence-corrected chi connectivity index (χ0v) is 18.4. The van der Waals surface area contributed by atoms with Crippen molar-refractivity contribution in [2.75, 3.05) is 13.1 Å². The van der Waals surface area contributed by atoms with Crippen molar-refractivity contribution in [2.24, 2.45) is 0 Å². The molecule has 30 heavy (non-hydrogen) atoms. The highest BCUT2D eigenvalue weighted by molar-refractivity contribution is 7.99. The van der Waals surface area contributed by atoms with E-state index in [1.807, 2.05) is 31.2 Å². The van der Waals surface area contributed by atoms with Crippen molar-refractivity contribution in [3.63, 3.8) is 0 Å². The molecule has 0 atom stereocenters. The summed E-state index contributed by atoms with van der Waals surface area (Å²) in [6.45, 7) is 3.25. The number of nitrogens with zero attached hydrogens (tertiary/aromatic N) is 1. The fourth-order valence-electron chi connectivity index (χ4n) is 3.29. The van der Waals surface area contributed by atoms with E-state index in [1.54, 1.807) is 24.3 Å². The van der Waals surface area contributed by atoms with Crippen molar-refractivity contribution in [3.05, 3.63) is 75.8 Å². The molecule has 0 unspecified atom stereocenters. The Hall–Kier alpha value is -2.64. The van der Waals surface area contributed by atoms with Crippen LogP contribution in [0.4, 0.5) is 0 Å². The Morgan fingerprint density at radius 3 is 2.23 bits per heavy atom. The average Bonchev–Trinajstić information content (AvgIpc) is 2.89. The zero-order chi connectivity index (χ0) is 21.9. The van der Waals surface area contributed by atoms with Crippen LogP contribution < -0.4 is 5.32 Å². The number of nitrogens with one attached hydrogen (secondary N) is 1. The highest BCUT2D eigenvalue weighted by atomic mass is 35.5. The number of sulfonamides is 1. The van der Waals surface area contributed by atoms with Gasteiger partial charge in [0.05, 0.1) is 0 Å². The Labute approximate surface area is 181 Å². The van der Waals surface area contributed by atoms with Gasteiger partial charge in [0.1, 0.15) is 11.4 Å². The van der Waals surface area contributed by atoms with E-state index in [9.17, 15) is 18.0 Å². The summed E-state index contributed by atoms with van der Waals surface area (Å²) in [6, 6.07) is 14.3. The molecule has 1 heterocycles. The third kappa shape index (κ3) is 4.57. The Morgan fingerprint density at radius 2 is 1.63 bits per heavy atom. The number of carbonyl (C=O) groups excluding carboxylic acids is 2. The SMILES string of the molecule is CCc1ccc(C2=C(C)C(=O)N(CC(=O)NCCc3ccc(Cl)cc3)S2(=O)=O)cc1. The summed E-state index contributed by atoms with van der Waals surface area (Å²) in [5.41, 5.74) is 2.62. The van der Waals surface area contributed by atoms with Crippen molar-refractivity contribution in [1.29, 1.82) is 0 Å². The Morgan fingerprint density at radius 1 is 1.03 bits per heavy atom. The molecule has 0 saturated carbocycles. The molecule has 0 saturated heterocycles. The van der Waals surface area contributed by atoms with Crippen LogP contribution in [0.2, 0.25) is 5.02 Å². The van der Waals surface area contributed by atoms with Crippen LogP contribution in [0, 0.1) is 0 Å². The first kappa shape index (κ1) is 22.1. The van der Waals surface area contributed by atoms with Crippen LogP contribution in [0.25, 0.3) is 4.91 Å². The van der Waals surface area contributed by atoms with Gasteiger partial charge in [0.25, 0.3) is 15.9 Å². The number of amides is 2. The van der Waals surface area contributed by atoms with E-state index in [4.69, 9.17) is 11.6 Å². The summed E-state index contributed by atoms with van der Waals surface area (Å²) in [5.74, 6) is -1.20. The predicted octanol–water partition coefficient (Wildman–Crippen LogP) is 3.16. The minimum Gasteiger partial charge on any atom is -0.354 e. The summed E-state index contributed by atoms with van der Waals surface area (Å²) in [4.78, 5) is 24.8. The van der Waals surface area contributed by atoms with E-state index in [-0.39, 0.29) is 10.5 Å². The van der Waals surface area contributed by atoms with Crippen molar-refractivity contribution >= 4 is 38.3 Å². The third-order valence-corrected chi connectivity index (χ3v) is 7.18. The number of hydrogen-bond acceptors (Lipinski definition) is 4. The molecular formula is C22H23ClN2O4S. The molecule has 2 aromatic rings. The van der Waals surface area contributed by atoms with E-state index in [1.165, 1.54) is 6.92 Å². The van der Waals surface area contributed by atoms with E-state index < -0.39 is 28.4 Å².